The van der Waals surface area contributed by atoms with Crippen LogP contribution in [0.25, 0.3) is 10.9 Å². The summed E-state index contributed by atoms with van der Waals surface area (Å²) in [6.07, 6.45) is 0. The fourth-order valence-electron chi connectivity index (χ4n) is 2.90. The number of aromatic nitrogens is 2. The van der Waals surface area contributed by atoms with Crippen molar-refractivity contribution >= 4 is 40.1 Å². The van der Waals surface area contributed by atoms with Crippen LogP contribution < -0.4 is 16.0 Å². The smallest absolute Gasteiger partial charge is 0.332 e. The number of hydrogen-bond donors (Lipinski definition) is 0. The second kappa shape index (κ2) is 9.15. The normalized spacial score (nSPS) is 10.9. The summed E-state index contributed by atoms with van der Waals surface area (Å²) in [5.41, 5.74) is -0.571. The Labute approximate surface area is 176 Å². The molecular formula is C20H18Cl2N2O5. The van der Waals surface area contributed by atoms with Crippen LogP contribution in [0.5, 0.6) is 5.75 Å². The Hall–Kier alpha value is -2.77. The number of fused-ring (bicyclic) bond motifs is 1. The zero-order valence-electron chi connectivity index (χ0n) is 15.6. The largest absolute Gasteiger partial charge is 0.487 e. The van der Waals surface area contributed by atoms with Gasteiger partial charge in [0.25, 0.3) is 5.56 Å². The lowest BCUT2D eigenvalue weighted by Crippen LogP contribution is -2.41. The van der Waals surface area contributed by atoms with Crippen LogP contribution in [0.2, 0.25) is 10.0 Å². The molecule has 3 rings (SSSR count). The average molecular weight is 437 g/mol. The van der Waals surface area contributed by atoms with Crippen LogP contribution in [-0.4, -0.2) is 28.3 Å². The van der Waals surface area contributed by atoms with Crippen molar-refractivity contribution in [2.75, 3.05) is 13.2 Å². The SMILES string of the molecule is CCn1c(=O)c2ccccc2n(CC(=O)OCCOc2c(Cl)cccc2Cl)c1=O. The van der Waals surface area contributed by atoms with Gasteiger partial charge in [0.15, 0.2) is 5.75 Å². The first kappa shape index (κ1) is 21.0. The predicted molar refractivity (Wildman–Crippen MR) is 111 cm³/mol. The molecule has 0 fully saturated rings. The third-order valence-corrected chi connectivity index (χ3v) is 4.84. The third kappa shape index (κ3) is 4.46. The molecule has 1 aromatic heterocycles. The Kier molecular flexibility index (Phi) is 6.61. The van der Waals surface area contributed by atoms with Gasteiger partial charge >= 0.3 is 11.7 Å². The van der Waals surface area contributed by atoms with E-state index in [0.717, 1.165) is 4.57 Å². The van der Waals surface area contributed by atoms with Gasteiger partial charge in [-0.05, 0) is 31.2 Å². The van der Waals surface area contributed by atoms with Gasteiger partial charge in [-0.1, -0.05) is 41.4 Å². The summed E-state index contributed by atoms with van der Waals surface area (Å²) in [4.78, 5) is 37.3. The van der Waals surface area contributed by atoms with E-state index in [1.165, 1.54) is 4.57 Å². The van der Waals surface area contributed by atoms with Crippen LogP contribution in [0.3, 0.4) is 0 Å². The van der Waals surface area contributed by atoms with E-state index >= 15 is 0 Å². The van der Waals surface area contributed by atoms with Gasteiger partial charge in [0.1, 0.15) is 19.8 Å². The second-order valence-electron chi connectivity index (χ2n) is 6.05. The molecule has 0 atom stereocenters. The topological polar surface area (TPSA) is 79.5 Å². The number of nitrogens with zero attached hydrogens (tertiary/aromatic N) is 2. The van der Waals surface area contributed by atoms with Crippen LogP contribution in [0.1, 0.15) is 6.92 Å². The van der Waals surface area contributed by atoms with E-state index in [0.29, 0.717) is 26.7 Å². The van der Waals surface area contributed by atoms with Crippen LogP contribution >= 0.6 is 23.2 Å². The number of halogens is 2. The molecule has 0 aliphatic heterocycles. The van der Waals surface area contributed by atoms with Crippen LogP contribution in [0, 0.1) is 0 Å². The molecular weight excluding hydrogens is 419 g/mol. The molecule has 0 N–H and O–H groups in total. The maximum Gasteiger partial charge on any atom is 0.332 e. The number of benzene rings is 2. The van der Waals surface area contributed by atoms with E-state index in [1.54, 1.807) is 49.4 Å². The molecule has 0 aliphatic carbocycles. The Bertz CT molecular complexity index is 1150. The second-order valence-corrected chi connectivity index (χ2v) is 6.87. The van der Waals surface area contributed by atoms with Crippen molar-refractivity contribution < 1.29 is 14.3 Å². The number of carbonyl (C=O) groups is 1. The van der Waals surface area contributed by atoms with E-state index in [1.807, 2.05) is 0 Å². The number of hydrogen-bond acceptors (Lipinski definition) is 5. The van der Waals surface area contributed by atoms with Crippen LogP contribution in [-0.2, 0) is 22.6 Å². The van der Waals surface area contributed by atoms with Crippen molar-refractivity contribution in [1.29, 1.82) is 0 Å². The third-order valence-electron chi connectivity index (χ3n) is 4.25. The van der Waals surface area contributed by atoms with Crippen molar-refractivity contribution in [3.8, 4) is 5.75 Å². The fourth-order valence-corrected chi connectivity index (χ4v) is 3.40. The molecule has 0 saturated heterocycles. The quantitative estimate of drug-likeness (QED) is 0.419. The van der Waals surface area contributed by atoms with Gasteiger partial charge in [-0.25, -0.2) is 4.79 Å². The molecule has 29 heavy (non-hydrogen) atoms. The first-order valence-corrected chi connectivity index (χ1v) is 9.64. The van der Waals surface area contributed by atoms with Gasteiger partial charge in [0, 0.05) is 6.54 Å². The van der Waals surface area contributed by atoms with Crippen molar-refractivity contribution in [2.45, 2.75) is 20.0 Å². The zero-order chi connectivity index (χ0) is 21.0. The molecule has 0 radical (unpaired) electrons. The highest BCUT2D eigenvalue weighted by atomic mass is 35.5. The fraction of sp³-hybridized carbons (Fsp3) is 0.250. The Balaban J connectivity index is 1.71. The summed E-state index contributed by atoms with van der Waals surface area (Å²) in [5, 5.41) is 1.06. The minimum Gasteiger partial charge on any atom is -0.487 e. The van der Waals surface area contributed by atoms with Crippen molar-refractivity contribution in [3.63, 3.8) is 0 Å². The lowest BCUT2D eigenvalue weighted by molar-refractivity contribution is -0.145. The first-order valence-electron chi connectivity index (χ1n) is 8.88. The number of rotatable bonds is 7. The maximum atomic E-state index is 12.6. The standard InChI is InChI=1S/C20H18Cl2N2O5/c1-2-23-19(26)13-6-3-4-9-16(13)24(20(23)27)12-17(25)28-10-11-29-18-14(21)7-5-8-15(18)22/h3-9H,2,10-12H2,1H3. The molecule has 0 spiro atoms. The van der Waals surface area contributed by atoms with Gasteiger partial charge in [0.05, 0.1) is 20.9 Å². The van der Waals surface area contributed by atoms with E-state index in [4.69, 9.17) is 32.7 Å². The Morgan fingerprint density at radius 3 is 2.34 bits per heavy atom. The summed E-state index contributed by atoms with van der Waals surface area (Å²) < 4.78 is 12.9. The van der Waals surface area contributed by atoms with E-state index in [-0.39, 0.29) is 31.9 Å². The monoisotopic (exact) mass is 436 g/mol. The lowest BCUT2D eigenvalue weighted by atomic mass is 10.2. The molecule has 7 nitrogen and oxygen atoms in total. The van der Waals surface area contributed by atoms with Gasteiger partial charge in [-0.3, -0.25) is 18.7 Å². The highest BCUT2D eigenvalue weighted by molar-refractivity contribution is 6.37. The summed E-state index contributed by atoms with van der Waals surface area (Å²) in [7, 11) is 0. The molecule has 0 saturated carbocycles. The molecule has 152 valence electrons. The number of esters is 1. The number of ether oxygens (including phenoxy) is 2. The Morgan fingerprint density at radius 2 is 1.66 bits per heavy atom. The Morgan fingerprint density at radius 1 is 0.966 bits per heavy atom. The molecule has 9 heteroatoms. The highest BCUT2D eigenvalue weighted by Gasteiger charge is 2.15. The summed E-state index contributed by atoms with van der Waals surface area (Å²) in [6, 6.07) is 11.6. The summed E-state index contributed by atoms with van der Waals surface area (Å²) in [6.45, 7) is 1.55. The molecule has 1 heterocycles. The predicted octanol–water partition coefficient (Wildman–Crippen LogP) is 3.11. The summed E-state index contributed by atoms with van der Waals surface area (Å²) >= 11 is 12.0. The molecule has 3 aromatic rings. The average Bonchev–Trinajstić information content (AvgIpc) is 2.70. The van der Waals surface area contributed by atoms with Crippen molar-refractivity contribution in [3.05, 3.63) is 73.3 Å². The lowest BCUT2D eigenvalue weighted by Gasteiger charge is -2.13. The molecule has 2 aromatic carbocycles. The van der Waals surface area contributed by atoms with Gasteiger partial charge in [0.2, 0.25) is 0 Å². The van der Waals surface area contributed by atoms with E-state index in [9.17, 15) is 14.4 Å². The minimum atomic E-state index is -0.632. The first-order chi connectivity index (χ1) is 13.9. The van der Waals surface area contributed by atoms with E-state index < -0.39 is 11.7 Å². The number of carbonyl (C=O) groups excluding carboxylic acids is 1. The number of para-hydroxylation sites is 2. The maximum absolute atomic E-state index is 12.6. The van der Waals surface area contributed by atoms with Crippen LogP contribution in [0.15, 0.2) is 52.1 Å². The van der Waals surface area contributed by atoms with Gasteiger partial charge < -0.3 is 9.47 Å². The molecule has 0 amide bonds. The molecule has 0 unspecified atom stereocenters. The zero-order valence-corrected chi connectivity index (χ0v) is 17.1. The summed E-state index contributed by atoms with van der Waals surface area (Å²) in [5.74, 6) is -0.323. The van der Waals surface area contributed by atoms with Crippen LogP contribution in [0.4, 0.5) is 0 Å². The van der Waals surface area contributed by atoms with Crippen molar-refractivity contribution in [2.24, 2.45) is 0 Å². The van der Waals surface area contributed by atoms with Crippen molar-refractivity contribution in [1.82, 2.24) is 9.13 Å². The minimum absolute atomic E-state index is 0.0410. The van der Waals surface area contributed by atoms with Gasteiger partial charge in [-0.2, -0.15) is 0 Å². The highest BCUT2D eigenvalue weighted by Crippen LogP contribution is 2.32. The molecule has 0 aliphatic rings. The molecule has 0 bridgehead atoms. The van der Waals surface area contributed by atoms with Gasteiger partial charge in [-0.15, -0.1) is 0 Å². The van der Waals surface area contributed by atoms with E-state index in [2.05, 4.69) is 0 Å².